The maximum absolute atomic E-state index is 12.0. The molecular weight excluding hydrogens is 316 g/mol. The zero-order chi connectivity index (χ0) is 16.0. The van der Waals surface area contributed by atoms with Crippen LogP contribution >= 0.6 is 11.3 Å². The van der Waals surface area contributed by atoms with Crippen molar-refractivity contribution in [1.29, 1.82) is 0 Å². The molecule has 4 rings (SSSR count). The Balaban J connectivity index is 1.55. The van der Waals surface area contributed by atoms with E-state index in [1.165, 1.54) is 15.0 Å². The SMILES string of the molecule is Cc1ccsc1CN1CC[C@@]2(C1)Cn1c(n[nH]c(=O)c1=O)CO2. The monoisotopic (exact) mass is 334 g/mol. The van der Waals surface area contributed by atoms with Crippen molar-refractivity contribution in [3.8, 4) is 0 Å². The van der Waals surface area contributed by atoms with Gasteiger partial charge in [-0.3, -0.25) is 19.1 Å². The van der Waals surface area contributed by atoms with Crippen molar-refractivity contribution in [2.75, 3.05) is 13.1 Å². The molecule has 2 aliphatic rings. The summed E-state index contributed by atoms with van der Waals surface area (Å²) in [6, 6.07) is 2.14. The fourth-order valence-corrected chi connectivity index (χ4v) is 4.31. The minimum Gasteiger partial charge on any atom is -0.364 e. The zero-order valence-corrected chi connectivity index (χ0v) is 13.7. The molecule has 7 nitrogen and oxygen atoms in total. The average Bonchev–Trinajstić information content (AvgIpc) is 3.12. The molecule has 0 aromatic carbocycles. The lowest BCUT2D eigenvalue weighted by molar-refractivity contribution is -0.0853. The molecule has 0 bridgehead atoms. The molecule has 2 aliphatic heterocycles. The lowest BCUT2D eigenvalue weighted by atomic mass is 10.0. The van der Waals surface area contributed by atoms with Crippen LogP contribution in [0.25, 0.3) is 0 Å². The van der Waals surface area contributed by atoms with E-state index in [1.54, 1.807) is 11.3 Å². The number of aromatic nitrogens is 3. The van der Waals surface area contributed by atoms with Gasteiger partial charge in [-0.15, -0.1) is 11.3 Å². The highest BCUT2D eigenvalue weighted by molar-refractivity contribution is 7.10. The Morgan fingerprint density at radius 1 is 1.43 bits per heavy atom. The largest absolute Gasteiger partial charge is 0.364 e. The average molecular weight is 334 g/mol. The second-order valence-corrected chi connectivity index (χ2v) is 7.32. The molecule has 0 unspecified atom stereocenters. The van der Waals surface area contributed by atoms with E-state index in [9.17, 15) is 9.59 Å². The Labute approximate surface area is 136 Å². The Kier molecular flexibility index (Phi) is 3.47. The van der Waals surface area contributed by atoms with Crippen molar-refractivity contribution in [3.05, 3.63) is 48.4 Å². The summed E-state index contributed by atoms with van der Waals surface area (Å²) in [5.41, 5.74) is -0.282. The van der Waals surface area contributed by atoms with Crippen LogP contribution in [0.4, 0.5) is 0 Å². The van der Waals surface area contributed by atoms with E-state index >= 15 is 0 Å². The molecule has 0 radical (unpaired) electrons. The summed E-state index contributed by atoms with van der Waals surface area (Å²) in [6.45, 7) is 5.39. The molecule has 1 fully saturated rings. The van der Waals surface area contributed by atoms with Crippen molar-refractivity contribution < 1.29 is 4.74 Å². The first kappa shape index (κ1) is 14.8. The van der Waals surface area contributed by atoms with Gasteiger partial charge in [0.15, 0.2) is 5.82 Å². The third kappa shape index (κ3) is 2.56. The highest BCUT2D eigenvalue weighted by atomic mass is 32.1. The molecule has 1 atom stereocenters. The number of hydrogen-bond donors (Lipinski definition) is 1. The second-order valence-electron chi connectivity index (χ2n) is 6.32. The van der Waals surface area contributed by atoms with Gasteiger partial charge in [0.2, 0.25) is 0 Å². The van der Waals surface area contributed by atoms with Gasteiger partial charge in [-0.1, -0.05) is 0 Å². The summed E-state index contributed by atoms with van der Waals surface area (Å²) in [5.74, 6) is 0.493. The lowest BCUT2D eigenvalue weighted by Gasteiger charge is -2.34. The highest BCUT2D eigenvalue weighted by Crippen LogP contribution is 2.32. The molecular formula is C15H18N4O3S. The predicted molar refractivity (Wildman–Crippen MR) is 85.6 cm³/mol. The van der Waals surface area contributed by atoms with E-state index in [1.807, 2.05) is 0 Å². The topological polar surface area (TPSA) is 80.2 Å². The van der Waals surface area contributed by atoms with Gasteiger partial charge in [-0.05, 0) is 30.4 Å². The highest BCUT2D eigenvalue weighted by Gasteiger charge is 2.43. The molecule has 2 aromatic rings. The third-order valence-electron chi connectivity index (χ3n) is 4.72. The van der Waals surface area contributed by atoms with Crippen LogP contribution in [-0.4, -0.2) is 38.4 Å². The van der Waals surface area contributed by atoms with Crippen molar-refractivity contribution in [2.45, 2.75) is 38.6 Å². The first-order valence-electron chi connectivity index (χ1n) is 7.64. The molecule has 0 amide bonds. The summed E-state index contributed by atoms with van der Waals surface area (Å²) in [7, 11) is 0. The summed E-state index contributed by atoms with van der Waals surface area (Å²) >= 11 is 1.77. The van der Waals surface area contributed by atoms with E-state index < -0.39 is 16.7 Å². The van der Waals surface area contributed by atoms with Gasteiger partial charge in [-0.2, -0.15) is 5.10 Å². The van der Waals surface area contributed by atoms with Gasteiger partial charge >= 0.3 is 11.1 Å². The predicted octanol–water partition coefficient (Wildman–Crippen LogP) is 0.476. The molecule has 1 spiro atoms. The maximum Gasteiger partial charge on any atom is 0.330 e. The molecule has 1 saturated heterocycles. The van der Waals surface area contributed by atoms with Crippen LogP contribution in [0.15, 0.2) is 21.0 Å². The third-order valence-corrected chi connectivity index (χ3v) is 5.73. The van der Waals surface area contributed by atoms with Gasteiger partial charge in [0.05, 0.1) is 6.54 Å². The minimum atomic E-state index is -0.671. The van der Waals surface area contributed by atoms with Crippen LogP contribution < -0.4 is 11.1 Å². The molecule has 4 heterocycles. The van der Waals surface area contributed by atoms with Crippen molar-refractivity contribution in [2.24, 2.45) is 0 Å². The number of likely N-dealkylation sites (tertiary alicyclic amines) is 1. The van der Waals surface area contributed by atoms with Crippen molar-refractivity contribution in [3.63, 3.8) is 0 Å². The van der Waals surface area contributed by atoms with Crippen LogP contribution in [-0.2, 0) is 24.4 Å². The van der Waals surface area contributed by atoms with Gasteiger partial charge in [0, 0.05) is 24.5 Å². The number of nitrogens with zero attached hydrogens (tertiary/aromatic N) is 3. The zero-order valence-electron chi connectivity index (χ0n) is 12.9. The Bertz CT molecular complexity index is 855. The van der Waals surface area contributed by atoms with Gasteiger partial charge in [-0.25, -0.2) is 5.10 Å². The standard InChI is InChI=1S/C15H18N4O3S/c1-10-2-5-23-11(10)6-18-4-3-15(8-18)9-19-12(7-22-15)16-17-13(20)14(19)21/h2,5H,3-4,6-9H2,1H3,(H,17,20)/t15-/m1/s1. The van der Waals surface area contributed by atoms with Crippen LogP contribution in [0.3, 0.4) is 0 Å². The van der Waals surface area contributed by atoms with Crippen LogP contribution in [0, 0.1) is 6.92 Å². The maximum atomic E-state index is 12.0. The first-order valence-corrected chi connectivity index (χ1v) is 8.52. The lowest BCUT2D eigenvalue weighted by Crippen LogP contribution is -2.51. The van der Waals surface area contributed by atoms with Gasteiger partial charge in [0.1, 0.15) is 12.2 Å². The van der Waals surface area contributed by atoms with E-state index in [4.69, 9.17) is 4.74 Å². The van der Waals surface area contributed by atoms with Crippen molar-refractivity contribution in [1.82, 2.24) is 19.7 Å². The number of H-pyrrole nitrogens is 1. The molecule has 8 heteroatoms. The number of aryl methyl sites for hydroxylation is 1. The number of ether oxygens (including phenoxy) is 1. The molecule has 0 saturated carbocycles. The Morgan fingerprint density at radius 3 is 3.09 bits per heavy atom. The molecule has 2 aromatic heterocycles. The van der Waals surface area contributed by atoms with Gasteiger partial charge in [0.25, 0.3) is 0 Å². The van der Waals surface area contributed by atoms with E-state index in [-0.39, 0.29) is 6.61 Å². The Hall–Kier alpha value is -1.77. The molecule has 1 N–H and O–H groups in total. The number of nitrogens with one attached hydrogen (secondary N) is 1. The summed E-state index contributed by atoms with van der Waals surface area (Å²) in [6.07, 6.45) is 0.857. The van der Waals surface area contributed by atoms with Crippen LogP contribution in [0.5, 0.6) is 0 Å². The van der Waals surface area contributed by atoms with Gasteiger partial charge < -0.3 is 4.74 Å². The fraction of sp³-hybridized carbons (Fsp3) is 0.533. The number of aromatic amines is 1. The molecule has 122 valence electrons. The summed E-state index contributed by atoms with van der Waals surface area (Å²) in [5, 5.41) is 8.25. The summed E-state index contributed by atoms with van der Waals surface area (Å²) < 4.78 is 7.52. The number of fused-ring (bicyclic) bond motifs is 1. The van der Waals surface area contributed by atoms with Crippen molar-refractivity contribution >= 4 is 11.3 Å². The molecule has 23 heavy (non-hydrogen) atoms. The van der Waals surface area contributed by atoms with E-state index in [0.29, 0.717) is 12.4 Å². The smallest absolute Gasteiger partial charge is 0.330 e. The quantitative estimate of drug-likeness (QED) is 0.808. The van der Waals surface area contributed by atoms with E-state index in [0.717, 1.165) is 26.1 Å². The normalized spacial score (nSPS) is 24.2. The number of thiophene rings is 1. The summed E-state index contributed by atoms with van der Waals surface area (Å²) in [4.78, 5) is 27.3. The van der Waals surface area contributed by atoms with Crippen LogP contribution in [0.1, 0.15) is 22.7 Å². The van der Waals surface area contributed by atoms with E-state index in [2.05, 4.69) is 33.5 Å². The number of rotatable bonds is 2. The Morgan fingerprint density at radius 2 is 2.30 bits per heavy atom. The molecule has 0 aliphatic carbocycles. The van der Waals surface area contributed by atoms with Crippen LogP contribution in [0.2, 0.25) is 0 Å². The minimum absolute atomic E-state index is 0.262. The first-order chi connectivity index (χ1) is 11.1. The fourth-order valence-electron chi connectivity index (χ4n) is 3.37. The second kappa shape index (κ2) is 5.40. The number of hydrogen-bond acceptors (Lipinski definition) is 6.